The molecular formula is C12H28N2O. The number of hydrogen-bond acceptors (Lipinski definition) is 3. The third kappa shape index (κ3) is 4.96. The van der Waals surface area contributed by atoms with Gasteiger partial charge in [-0.3, -0.25) is 0 Å². The van der Waals surface area contributed by atoms with E-state index in [1.165, 1.54) is 0 Å². The zero-order valence-corrected chi connectivity index (χ0v) is 11.2. The molecule has 3 nitrogen and oxygen atoms in total. The number of hydrogen-bond donors (Lipinski definition) is 2. The van der Waals surface area contributed by atoms with Crippen LogP contribution in [0.1, 0.15) is 41.5 Å². The standard InChI is InChI=1S/C12H28N2O/c1-7-14(8-2)10-9-13-11(3,4)12(5,6)15/h13,15H,7-10H2,1-6H3. The Balaban J connectivity index is 3.95. The monoisotopic (exact) mass is 216 g/mol. The summed E-state index contributed by atoms with van der Waals surface area (Å²) in [6, 6.07) is 0. The van der Waals surface area contributed by atoms with E-state index in [1.54, 1.807) is 0 Å². The van der Waals surface area contributed by atoms with E-state index < -0.39 is 5.60 Å². The van der Waals surface area contributed by atoms with Gasteiger partial charge in [-0.1, -0.05) is 13.8 Å². The molecule has 3 heteroatoms. The summed E-state index contributed by atoms with van der Waals surface area (Å²) in [5.74, 6) is 0. The Hall–Kier alpha value is -0.120. The predicted molar refractivity (Wildman–Crippen MR) is 66.2 cm³/mol. The fourth-order valence-electron chi connectivity index (χ4n) is 1.28. The molecule has 0 fully saturated rings. The van der Waals surface area contributed by atoms with Crippen LogP contribution in [0.4, 0.5) is 0 Å². The maximum absolute atomic E-state index is 9.95. The molecule has 0 bridgehead atoms. The normalized spacial score (nSPS) is 13.6. The minimum absolute atomic E-state index is 0.250. The first-order chi connectivity index (χ1) is 6.74. The zero-order chi connectivity index (χ0) is 12.1. The van der Waals surface area contributed by atoms with E-state index in [4.69, 9.17) is 0 Å². The second kappa shape index (κ2) is 5.83. The van der Waals surface area contributed by atoms with Crippen molar-refractivity contribution in [3.8, 4) is 0 Å². The topological polar surface area (TPSA) is 35.5 Å². The highest BCUT2D eigenvalue weighted by atomic mass is 16.3. The van der Waals surface area contributed by atoms with E-state index >= 15 is 0 Å². The van der Waals surface area contributed by atoms with Crippen LogP contribution in [0.25, 0.3) is 0 Å². The van der Waals surface area contributed by atoms with Gasteiger partial charge in [-0.2, -0.15) is 0 Å². The molecular weight excluding hydrogens is 188 g/mol. The average molecular weight is 216 g/mol. The van der Waals surface area contributed by atoms with E-state index in [1.807, 2.05) is 27.7 Å². The van der Waals surface area contributed by atoms with Crippen molar-refractivity contribution in [1.29, 1.82) is 0 Å². The van der Waals surface area contributed by atoms with E-state index in [9.17, 15) is 5.11 Å². The average Bonchev–Trinajstić information content (AvgIpc) is 2.10. The van der Waals surface area contributed by atoms with Crippen LogP contribution in [-0.4, -0.2) is 47.3 Å². The lowest BCUT2D eigenvalue weighted by Gasteiger charge is -2.38. The van der Waals surface area contributed by atoms with Crippen molar-refractivity contribution >= 4 is 0 Å². The molecule has 0 aromatic heterocycles. The molecule has 0 aliphatic rings. The Kier molecular flexibility index (Phi) is 5.78. The minimum atomic E-state index is -0.698. The molecule has 0 spiro atoms. The summed E-state index contributed by atoms with van der Waals surface area (Å²) in [6.07, 6.45) is 0. The Bertz CT molecular complexity index is 169. The molecule has 92 valence electrons. The molecule has 15 heavy (non-hydrogen) atoms. The van der Waals surface area contributed by atoms with Gasteiger partial charge in [0.15, 0.2) is 0 Å². The zero-order valence-electron chi connectivity index (χ0n) is 11.2. The summed E-state index contributed by atoms with van der Waals surface area (Å²) in [4.78, 5) is 2.37. The van der Waals surface area contributed by atoms with Crippen molar-refractivity contribution < 1.29 is 5.11 Å². The van der Waals surface area contributed by atoms with Gasteiger partial charge >= 0.3 is 0 Å². The van der Waals surface area contributed by atoms with Crippen LogP contribution >= 0.6 is 0 Å². The highest BCUT2D eigenvalue weighted by Crippen LogP contribution is 2.19. The van der Waals surface area contributed by atoms with Gasteiger partial charge in [0.25, 0.3) is 0 Å². The van der Waals surface area contributed by atoms with Crippen molar-refractivity contribution in [3.63, 3.8) is 0 Å². The minimum Gasteiger partial charge on any atom is -0.389 e. The number of likely N-dealkylation sites (N-methyl/N-ethyl adjacent to an activating group) is 1. The summed E-state index contributed by atoms with van der Waals surface area (Å²) in [5.41, 5.74) is -0.948. The second-order valence-electron chi connectivity index (χ2n) is 5.14. The quantitative estimate of drug-likeness (QED) is 0.676. The van der Waals surface area contributed by atoms with Crippen LogP contribution in [0, 0.1) is 0 Å². The highest BCUT2D eigenvalue weighted by Gasteiger charge is 2.34. The molecule has 0 rings (SSSR count). The van der Waals surface area contributed by atoms with Crippen LogP contribution in [0.3, 0.4) is 0 Å². The second-order valence-corrected chi connectivity index (χ2v) is 5.14. The van der Waals surface area contributed by atoms with Crippen molar-refractivity contribution in [1.82, 2.24) is 10.2 Å². The van der Waals surface area contributed by atoms with Crippen LogP contribution in [-0.2, 0) is 0 Å². The van der Waals surface area contributed by atoms with E-state index in [0.29, 0.717) is 0 Å². The fraction of sp³-hybridized carbons (Fsp3) is 1.00. The fourth-order valence-corrected chi connectivity index (χ4v) is 1.28. The summed E-state index contributed by atoms with van der Waals surface area (Å²) >= 11 is 0. The number of aliphatic hydroxyl groups is 1. The van der Waals surface area contributed by atoms with Gasteiger partial charge in [0.2, 0.25) is 0 Å². The highest BCUT2D eigenvalue weighted by molar-refractivity contribution is 4.93. The van der Waals surface area contributed by atoms with E-state index in [-0.39, 0.29) is 5.54 Å². The van der Waals surface area contributed by atoms with Gasteiger partial charge in [-0.25, -0.2) is 0 Å². The summed E-state index contributed by atoms with van der Waals surface area (Å²) in [7, 11) is 0. The molecule has 0 atom stereocenters. The Labute approximate surface area is 94.9 Å². The van der Waals surface area contributed by atoms with Gasteiger partial charge in [0, 0.05) is 18.6 Å². The molecule has 0 aliphatic heterocycles. The molecule has 0 heterocycles. The van der Waals surface area contributed by atoms with Crippen molar-refractivity contribution in [2.75, 3.05) is 26.2 Å². The summed E-state index contributed by atoms with van der Waals surface area (Å²) < 4.78 is 0. The molecule has 0 unspecified atom stereocenters. The number of rotatable bonds is 7. The molecule has 0 saturated heterocycles. The van der Waals surface area contributed by atoms with Crippen LogP contribution in [0.2, 0.25) is 0 Å². The van der Waals surface area contributed by atoms with Gasteiger partial charge in [0.05, 0.1) is 5.60 Å². The molecule has 0 saturated carbocycles. The summed E-state index contributed by atoms with van der Waals surface area (Å²) in [6.45, 7) is 16.2. The third-order valence-corrected chi connectivity index (χ3v) is 3.42. The van der Waals surface area contributed by atoms with Crippen molar-refractivity contribution in [2.24, 2.45) is 0 Å². The maximum atomic E-state index is 9.95. The maximum Gasteiger partial charge on any atom is 0.0767 e. The lowest BCUT2D eigenvalue weighted by atomic mass is 9.86. The van der Waals surface area contributed by atoms with Crippen LogP contribution in [0.5, 0.6) is 0 Å². The molecule has 0 amide bonds. The first kappa shape index (κ1) is 14.9. The lowest BCUT2D eigenvalue weighted by Crippen LogP contribution is -2.57. The van der Waals surface area contributed by atoms with Gasteiger partial charge in [0.1, 0.15) is 0 Å². The molecule has 0 aromatic carbocycles. The first-order valence-electron chi connectivity index (χ1n) is 5.94. The van der Waals surface area contributed by atoms with Crippen LogP contribution < -0.4 is 5.32 Å². The third-order valence-electron chi connectivity index (χ3n) is 3.42. The van der Waals surface area contributed by atoms with Gasteiger partial charge in [-0.15, -0.1) is 0 Å². The first-order valence-corrected chi connectivity index (χ1v) is 5.94. The lowest BCUT2D eigenvalue weighted by molar-refractivity contribution is -0.00512. The smallest absolute Gasteiger partial charge is 0.0767 e. The molecule has 0 aromatic rings. The van der Waals surface area contributed by atoms with Crippen molar-refractivity contribution in [3.05, 3.63) is 0 Å². The molecule has 0 aliphatic carbocycles. The largest absolute Gasteiger partial charge is 0.389 e. The van der Waals surface area contributed by atoms with E-state index in [2.05, 4.69) is 24.1 Å². The Morgan fingerprint density at radius 2 is 1.53 bits per heavy atom. The number of nitrogens with zero attached hydrogens (tertiary/aromatic N) is 1. The predicted octanol–water partition coefficient (Wildman–Crippen LogP) is 1.47. The SMILES string of the molecule is CCN(CC)CCNC(C)(C)C(C)(C)O. The van der Waals surface area contributed by atoms with Crippen molar-refractivity contribution in [2.45, 2.75) is 52.7 Å². The Morgan fingerprint density at radius 1 is 1.07 bits per heavy atom. The molecule has 2 N–H and O–H groups in total. The summed E-state index contributed by atoms with van der Waals surface area (Å²) in [5, 5.41) is 13.4. The van der Waals surface area contributed by atoms with E-state index in [0.717, 1.165) is 26.2 Å². The van der Waals surface area contributed by atoms with Gasteiger partial charge < -0.3 is 15.3 Å². The number of nitrogens with one attached hydrogen (secondary N) is 1. The Morgan fingerprint density at radius 3 is 1.87 bits per heavy atom. The van der Waals surface area contributed by atoms with Crippen LogP contribution in [0.15, 0.2) is 0 Å². The van der Waals surface area contributed by atoms with Gasteiger partial charge in [-0.05, 0) is 40.8 Å². The molecule has 0 radical (unpaired) electrons.